The summed E-state index contributed by atoms with van der Waals surface area (Å²) in [5.74, 6) is 1.09. The summed E-state index contributed by atoms with van der Waals surface area (Å²) in [5, 5.41) is 5.15. The Bertz CT molecular complexity index is 533. The van der Waals surface area contributed by atoms with Gasteiger partial charge in [0.25, 0.3) is 0 Å². The van der Waals surface area contributed by atoms with Gasteiger partial charge in [0.2, 0.25) is 11.9 Å². The van der Waals surface area contributed by atoms with Crippen LogP contribution < -0.4 is 15.0 Å². The average molecular weight is 294 g/mol. The van der Waals surface area contributed by atoms with Crippen molar-refractivity contribution in [1.82, 2.24) is 19.9 Å². The van der Waals surface area contributed by atoms with Crippen LogP contribution in [0.5, 0.6) is 6.01 Å². The van der Waals surface area contributed by atoms with Crippen molar-refractivity contribution in [3.8, 4) is 6.01 Å². The summed E-state index contributed by atoms with van der Waals surface area (Å²) < 4.78 is 5.12. The predicted octanol–water partition coefficient (Wildman–Crippen LogP) is 1.79. The number of ether oxygens (including phenoxy) is 1. The number of rotatable bonds is 7. The van der Waals surface area contributed by atoms with Crippen LogP contribution in [-0.4, -0.2) is 40.6 Å². The molecule has 8 heteroatoms. The lowest BCUT2D eigenvalue weighted by molar-refractivity contribution is 0.379. The summed E-state index contributed by atoms with van der Waals surface area (Å²) in [6.07, 6.45) is 0.998. The number of thiazole rings is 1. The first kappa shape index (κ1) is 14.4. The average Bonchev–Trinajstić information content (AvgIpc) is 2.97. The Morgan fingerprint density at radius 2 is 2.20 bits per heavy atom. The second-order valence-corrected chi connectivity index (χ2v) is 4.93. The zero-order valence-electron chi connectivity index (χ0n) is 11.8. The largest absolute Gasteiger partial charge is 0.467 e. The highest BCUT2D eigenvalue weighted by atomic mass is 32.1. The van der Waals surface area contributed by atoms with Crippen molar-refractivity contribution in [3.05, 3.63) is 16.6 Å². The minimum Gasteiger partial charge on any atom is -0.467 e. The molecule has 0 saturated carbocycles. The van der Waals surface area contributed by atoms with E-state index in [4.69, 9.17) is 4.74 Å². The van der Waals surface area contributed by atoms with Gasteiger partial charge in [0.05, 0.1) is 24.9 Å². The molecule has 20 heavy (non-hydrogen) atoms. The molecule has 0 aromatic carbocycles. The third-order valence-corrected chi connectivity index (χ3v) is 3.18. The molecule has 0 saturated heterocycles. The molecule has 0 atom stereocenters. The fraction of sp³-hybridized carbons (Fsp3) is 0.500. The van der Waals surface area contributed by atoms with E-state index in [1.807, 2.05) is 22.8 Å². The number of hydrogen-bond donors (Lipinski definition) is 1. The summed E-state index contributed by atoms with van der Waals surface area (Å²) in [4.78, 5) is 19.0. The van der Waals surface area contributed by atoms with Crippen molar-refractivity contribution in [3.63, 3.8) is 0 Å². The fourth-order valence-corrected chi connectivity index (χ4v) is 2.10. The summed E-state index contributed by atoms with van der Waals surface area (Å²) in [6.45, 7) is 3.53. The zero-order chi connectivity index (χ0) is 14.4. The normalized spacial score (nSPS) is 10.3. The molecule has 1 N–H and O–H groups in total. The molecule has 7 nitrogen and oxygen atoms in total. The molecule has 108 valence electrons. The molecule has 2 aromatic rings. The van der Waals surface area contributed by atoms with Gasteiger partial charge in [0, 0.05) is 19.0 Å². The smallest absolute Gasteiger partial charge is 0.322 e. The van der Waals surface area contributed by atoms with Crippen molar-refractivity contribution in [2.24, 2.45) is 0 Å². The fourth-order valence-electron chi connectivity index (χ4n) is 1.55. The molecule has 0 amide bonds. The van der Waals surface area contributed by atoms with Gasteiger partial charge in [0.15, 0.2) is 0 Å². The van der Waals surface area contributed by atoms with E-state index in [1.165, 1.54) is 0 Å². The molecule has 0 aliphatic rings. The molecule has 2 aromatic heterocycles. The van der Waals surface area contributed by atoms with E-state index in [9.17, 15) is 0 Å². The van der Waals surface area contributed by atoms with Crippen LogP contribution >= 0.6 is 11.3 Å². The molecule has 0 bridgehead atoms. The summed E-state index contributed by atoms with van der Waals surface area (Å²) in [6, 6.07) is 0.304. The Balaban J connectivity index is 2.16. The van der Waals surface area contributed by atoms with Crippen LogP contribution in [0.2, 0.25) is 0 Å². The SMILES string of the molecule is CCCNc1nc(OC)nc(N(C)Cc2cscn2)n1. The summed E-state index contributed by atoms with van der Waals surface area (Å²) in [7, 11) is 3.46. The van der Waals surface area contributed by atoms with Crippen LogP contribution in [0.1, 0.15) is 19.0 Å². The standard InChI is InChI=1S/C12H18N6OS/c1-4-5-13-10-15-11(17-12(16-10)19-3)18(2)6-9-7-20-8-14-9/h7-8H,4-6H2,1-3H3,(H,13,15,16,17). The lowest BCUT2D eigenvalue weighted by Crippen LogP contribution is -2.21. The Hall–Kier alpha value is -1.96. The van der Waals surface area contributed by atoms with Gasteiger partial charge in [-0.3, -0.25) is 0 Å². The first-order valence-corrected chi connectivity index (χ1v) is 7.29. The van der Waals surface area contributed by atoms with E-state index < -0.39 is 0 Å². The quantitative estimate of drug-likeness (QED) is 0.834. The van der Waals surface area contributed by atoms with E-state index in [-0.39, 0.29) is 0 Å². The maximum Gasteiger partial charge on any atom is 0.322 e. The highest BCUT2D eigenvalue weighted by Crippen LogP contribution is 2.16. The van der Waals surface area contributed by atoms with Gasteiger partial charge in [-0.15, -0.1) is 11.3 Å². The van der Waals surface area contributed by atoms with Crippen LogP contribution in [0.3, 0.4) is 0 Å². The zero-order valence-corrected chi connectivity index (χ0v) is 12.6. The highest BCUT2D eigenvalue weighted by molar-refractivity contribution is 7.07. The highest BCUT2D eigenvalue weighted by Gasteiger charge is 2.11. The minimum absolute atomic E-state index is 0.304. The molecule has 2 rings (SSSR count). The van der Waals surface area contributed by atoms with Crippen molar-refractivity contribution >= 4 is 23.2 Å². The topological polar surface area (TPSA) is 76.1 Å². The second kappa shape index (κ2) is 6.99. The Morgan fingerprint density at radius 3 is 2.85 bits per heavy atom. The number of nitrogens with one attached hydrogen (secondary N) is 1. The van der Waals surface area contributed by atoms with Gasteiger partial charge in [-0.1, -0.05) is 6.92 Å². The first-order valence-electron chi connectivity index (χ1n) is 6.35. The Labute approximate surface area is 122 Å². The monoisotopic (exact) mass is 294 g/mol. The van der Waals surface area contributed by atoms with Crippen LogP contribution in [0.15, 0.2) is 10.9 Å². The Kier molecular flexibility index (Phi) is 5.05. The molecule has 0 unspecified atom stereocenters. The molecule has 2 heterocycles. The molecule has 0 radical (unpaired) electrons. The lowest BCUT2D eigenvalue weighted by atomic mass is 10.4. The second-order valence-electron chi connectivity index (χ2n) is 4.21. The molecular formula is C12H18N6OS. The van der Waals surface area contributed by atoms with E-state index in [1.54, 1.807) is 18.4 Å². The maximum atomic E-state index is 5.12. The van der Waals surface area contributed by atoms with E-state index >= 15 is 0 Å². The van der Waals surface area contributed by atoms with Crippen LogP contribution in [0.25, 0.3) is 0 Å². The van der Waals surface area contributed by atoms with Crippen LogP contribution in [-0.2, 0) is 6.54 Å². The number of anilines is 2. The number of aromatic nitrogens is 4. The third kappa shape index (κ3) is 3.77. The van der Waals surface area contributed by atoms with Gasteiger partial charge in [0.1, 0.15) is 0 Å². The molecule has 0 aliphatic heterocycles. The van der Waals surface area contributed by atoms with Gasteiger partial charge in [-0.2, -0.15) is 15.0 Å². The first-order chi connectivity index (χ1) is 9.72. The molecular weight excluding hydrogens is 276 g/mol. The number of hydrogen-bond acceptors (Lipinski definition) is 8. The van der Waals surface area contributed by atoms with Crippen LogP contribution in [0, 0.1) is 0 Å². The number of nitrogens with zero attached hydrogens (tertiary/aromatic N) is 5. The summed E-state index contributed by atoms with van der Waals surface area (Å²) in [5.41, 5.74) is 2.80. The van der Waals surface area contributed by atoms with Crippen molar-refractivity contribution in [1.29, 1.82) is 0 Å². The minimum atomic E-state index is 0.304. The summed E-state index contributed by atoms with van der Waals surface area (Å²) >= 11 is 1.57. The van der Waals surface area contributed by atoms with Crippen molar-refractivity contribution < 1.29 is 4.74 Å². The maximum absolute atomic E-state index is 5.12. The third-order valence-electron chi connectivity index (χ3n) is 2.54. The van der Waals surface area contributed by atoms with Crippen molar-refractivity contribution in [2.75, 3.05) is 30.9 Å². The molecule has 0 fully saturated rings. The van der Waals surface area contributed by atoms with Crippen molar-refractivity contribution in [2.45, 2.75) is 19.9 Å². The van der Waals surface area contributed by atoms with Crippen LogP contribution in [0.4, 0.5) is 11.9 Å². The van der Waals surface area contributed by atoms with Gasteiger partial charge >= 0.3 is 6.01 Å². The van der Waals surface area contributed by atoms with Gasteiger partial charge in [-0.05, 0) is 6.42 Å². The van der Waals surface area contributed by atoms with Gasteiger partial charge < -0.3 is 15.0 Å². The number of methoxy groups -OCH3 is 1. The lowest BCUT2D eigenvalue weighted by Gasteiger charge is -2.16. The molecule has 0 aliphatic carbocycles. The predicted molar refractivity (Wildman–Crippen MR) is 79.4 cm³/mol. The van der Waals surface area contributed by atoms with E-state index in [0.717, 1.165) is 18.7 Å². The van der Waals surface area contributed by atoms with Gasteiger partial charge in [-0.25, -0.2) is 4.98 Å². The van der Waals surface area contributed by atoms with E-state index in [0.29, 0.717) is 24.5 Å². The molecule has 0 spiro atoms. The van der Waals surface area contributed by atoms with E-state index in [2.05, 4.69) is 32.2 Å². The Morgan fingerprint density at radius 1 is 1.35 bits per heavy atom.